The van der Waals surface area contributed by atoms with Crippen molar-refractivity contribution in [2.24, 2.45) is 0 Å². The molecule has 0 spiro atoms. The number of benzene rings is 1. The summed E-state index contributed by atoms with van der Waals surface area (Å²) in [6.07, 6.45) is 2.94. The van der Waals surface area contributed by atoms with Gasteiger partial charge in [-0.15, -0.1) is 11.3 Å². The number of aromatic nitrogens is 4. The molecular weight excluding hydrogens is 378 g/mol. The summed E-state index contributed by atoms with van der Waals surface area (Å²) in [7, 11) is 0. The minimum atomic E-state index is -0.272. The van der Waals surface area contributed by atoms with Crippen molar-refractivity contribution in [1.29, 1.82) is 0 Å². The lowest BCUT2D eigenvalue weighted by Gasteiger charge is -2.01. The minimum absolute atomic E-state index is 0.115. The van der Waals surface area contributed by atoms with E-state index < -0.39 is 0 Å². The van der Waals surface area contributed by atoms with E-state index in [-0.39, 0.29) is 17.3 Å². The molecule has 9 heteroatoms. The van der Waals surface area contributed by atoms with Crippen LogP contribution in [0.5, 0.6) is 0 Å². The molecule has 28 heavy (non-hydrogen) atoms. The van der Waals surface area contributed by atoms with Crippen molar-refractivity contribution in [2.75, 3.05) is 5.32 Å². The molecule has 142 valence electrons. The van der Waals surface area contributed by atoms with Crippen molar-refractivity contribution in [2.45, 2.75) is 26.2 Å². The van der Waals surface area contributed by atoms with Gasteiger partial charge >= 0.3 is 0 Å². The number of aromatic amines is 1. The van der Waals surface area contributed by atoms with Gasteiger partial charge in [0.15, 0.2) is 5.13 Å². The van der Waals surface area contributed by atoms with Gasteiger partial charge in [0.25, 0.3) is 5.56 Å². The summed E-state index contributed by atoms with van der Waals surface area (Å²) in [5, 5.41) is 9.92. The Bertz CT molecular complexity index is 1180. The fourth-order valence-electron chi connectivity index (χ4n) is 2.83. The van der Waals surface area contributed by atoms with E-state index in [0.29, 0.717) is 35.8 Å². The fraction of sp³-hybridized carbons (Fsp3) is 0.211. The van der Waals surface area contributed by atoms with E-state index in [4.69, 9.17) is 4.52 Å². The molecule has 2 N–H and O–H groups in total. The fourth-order valence-corrected chi connectivity index (χ4v) is 3.37. The molecule has 1 aromatic carbocycles. The Morgan fingerprint density at radius 1 is 1.32 bits per heavy atom. The molecule has 0 radical (unpaired) electrons. The number of nitrogens with one attached hydrogen (secondary N) is 2. The second-order valence-electron chi connectivity index (χ2n) is 6.35. The number of hydrogen-bond donors (Lipinski definition) is 2. The van der Waals surface area contributed by atoms with Crippen LogP contribution in [0.3, 0.4) is 0 Å². The first-order chi connectivity index (χ1) is 13.6. The van der Waals surface area contributed by atoms with Gasteiger partial charge in [0.2, 0.25) is 17.6 Å². The number of fused-ring (bicyclic) bond motifs is 1. The van der Waals surface area contributed by atoms with Crippen molar-refractivity contribution in [1.82, 2.24) is 20.1 Å². The number of amides is 1. The molecule has 3 heterocycles. The van der Waals surface area contributed by atoms with Gasteiger partial charge < -0.3 is 14.8 Å². The zero-order valence-electron chi connectivity index (χ0n) is 15.1. The SMILES string of the molecule is Cc1ccc2[nH]c(=O)c(-c3noc(CCCC(=O)Nc4nccs4)n3)cc2c1. The average Bonchev–Trinajstić information content (AvgIpc) is 3.33. The first kappa shape index (κ1) is 18.1. The third kappa shape index (κ3) is 3.99. The van der Waals surface area contributed by atoms with Gasteiger partial charge in [-0.25, -0.2) is 4.98 Å². The van der Waals surface area contributed by atoms with Gasteiger partial charge in [0.05, 0.1) is 5.56 Å². The minimum Gasteiger partial charge on any atom is -0.339 e. The molecule has 0 bridgehead atoms. The smallest absolute Gasteiger partial charge is 0.259 e. The number of thiazole rings is 1. The zero-order chi connectivity index (χ0) is 19.5. The molecule has 3 aromatic heterocycles. The molecule has 0 aliphatic carbocycles. The molecule has 4 aromatic rings. The van der Waals surface area contributed by atoms with Crippen molar-refractivity contribution in [3.63, 3.8) is 0 Å². The number of aryl methyl sites for hydroxylation is 2. The van der Waals surface area contributed by atoms with Crippen LogP contribution in [0.4, 0.5) is 5.13 Å². The van der Waals surface area contributed by atoms with Crippen molar-refractivity contribution in [3.05, 3.63) is 57.7 Å². The number of hydrogen-bond acceptors (Lipinski definition) is 7. The third-order valence-electron chi connectivity index (χ3n) is 4.18. The third-order valence-corrected chi connectivity index (χ3v) is 4.87. The molecule has 0 aliphatic rings. The maximum atomic E-state index is 12.3. The zero-order valence-corrected chi connectivity index (χ0v) is 15.9. The largest absolute Gasteiger partial charge is 0.339 e. The van der Waals surface area contributed by atoms with Gasteiger partial charge in [-0.05, 0) is 36.9 Å². The van der Waals surface area contributed by atoms with Crippen LogP contribution in [0.15, 0.2) is 45.2 Å². The van der Waals surface area contributed by atoms with E-state index in [2.05, 4.69) is 25.4 Å². The molecule has 0 unspecified atom stereocenters. The predicted octanol–water partition coefficient (Wildman–Crippen LogP) is 3.30. The summed E-state index contributed by atoms with van der Waals surface area (Å²) < 4.78 is 5.24. The van der Waals surface area contributed by atoms with Gasteiger partial charge in [-0.3, -0.25) is 9.59 Å². The van der Waals surface area contributed by atoms with E-state index in [1.807, 2.05) is 25.1 Å². The van der Waals surface area contributed by atoms with Crippen LogP contribution in [-0.2, 0) is 11.2 Å². The topological polar surface area (TPSA) is 114 Å². The number of pyridine rings is 1. The summed E-state index contributed by atoms with van der Waals surface area (Å²) in [5.74, 6) is 0.517. The second-order valence-corrected chi connectivity index (χ2v) is 7.25. The monoisotopic (exact) mass is 395 g/mol. The Morgan fingerprint density at radius 3 is 3.04 bits per heavy atom. The summed E-state index contributed by atoms with van der Waals surface area (Å²) in [5.41, 5.74) is 1.94. The number of nitrogens with zero attached hydrogens (tertiary/aromatic N) is 3. The van der Waals surface area contributed by atoms with E-state index in [1.165, 1.54) is 11.3 Å². The quantitative estimate of drug-likeness (QED) is 0.518. The normalized spacial score (nSPS) is 11.0. The summed E-state index contributed by atoms with van der Waals surface area (Å²) in [6.45, 7) is 1.99. The average molecular weight is 395 g/mol. The summed E-state index contributed by atoms with van der Waals surface area (Å²) in [4.78, 5) is 35.4. The summed E-state index contributed by atoms with van der Waals surface area (Å²) in [6, 6.07) is 7.55. The highest BCUT2D eigenvalue weighted by atomic mass is 32.1. The Hall–Kier alpha value is -3.33. The predicted molar refractivity (Wildman–Crippen MR) is 106 cm³/mol. The molecule has 0 saturated carbocycles. The number of anilines is 1. The highest BCUT2D eigenvalue weighted by Crippen LogP contribution is 2.19. The van der Waals surface area contributed by atoms with Crippen LogP contribution in [-0.4, -0.2) is 26.0 Å². The van der Waals surface area contributed by atoms with E-state index in [0.717, 1.165) is 16.5 Å². The lowest BCUT2D eigenvalue weighted by molar-refractivity contribution is -0.116. The van der Waals surface area contributed by atoms with Crippen LogP contribution in [0, 0.1) is 6.92 Å². The standard InChI is InChI=1S/C19H17N5O3S/c1-11-5-6-14-12(9-11)10-13(18(26)21-14)17-23-16(27-24-17)4-2-3-15(25)22-19-20-7-8-28-19/h5-10H,2-4H2,1H3,(H,21,26)(H,20,22,25). The Morgan fingerprint density at radius 2 is 2.21 bits per heavy atom. The first-order valence-corrected chi connectivity index (χ1v) is 9.62. The second kappa shape index (κ2) is 7.73. The van der Waals surface area contributed by atoms with Gasteiger partial charge in [-0.1, -0.05) is 16.8 Å². The van der Waals surface area contributed by atoms with Crippen molar-refractivity contribution in [3.8, 4) is 11.4 Å². The number of carbonyl (C=O) groups excluding carboxylic acids is 1. The lowest BCUT2D eigenvalue weighted by atomic mass is 10.1. The van der Waals surface area contributed by atoms with Crippen LogP contribution < -0.4 is 10.9 Å². The maximum Gasteiger partial charge on any atom is 0.259 e. The number of rotatable bonds is 6. The highest BCUT2D eigenvalue weighted by molar-refractivity contribution is 7.13. The van der Waals surface area contributed by atoms with Gasteiger partial charge in [0, 0.05) is 29.9 Å². The van der Waals surface area contributed by atoms with Crippen LogP contribution in [0.1, 0.15) is 24.3 Å². The van der Waals surface area contributed by atoms with E-state index in [9.17, 15) is 9.59 Å². The van der Waals surface area contributed by atoms with Crippen molar-refractivity contribution >= 4 is 33.3 Å². The van der Waals surface area contributed by atoms with Crippen LogP contribution in [0.2, 0.25) is 0 Å². The van der Waals surface area contributed by atoms with Crippen molar-refractivity contribution < 1.29 is 9.32 Å². The lowest BCUT2D eigenvalue weighted by Crippen LogP contribution is -2.11. The first-order valence-electron chi connectivity index (χ1n) is 8.74. The molecule has 0 saturated heterocycles. The number of H-pyrrole nitrogens is 1. The molecule has 4 rings (SSSR count). The molecule has 0 fully saturated rings. The Balaban J connectivity index is 1.43. The summed E-state index contributed by atoms with van der Waals surface area (Å²) >= 11 is 1.37. The number of carbonyl (C=O) groups is 1. The van der Waals surface area contributed by atoms with Crippen LogP contribution >= 0.6 is 11.3 Å². The van der Waals surface area contributed by atoms with E-state index in [1.54, 1.807) is 17.6 Å². The highest BCUT2D eigenvalue weighted by Gasteiger charge is 2.14. The molecule has 8 nitrogen and oxygen atoms in total. The molecular formula is C19H17N5O3S. The molecule has 1 amide bonds. The maximum absolute atomic E-state index is 12.3. The molecule has 0 aliphatic heterocycles. The Labute approximate surface area is 163 Å². The van der Waals surface area contributed by atoms with Gasteiger partial charge in [-0.2, -0.15) is 4.98 Å². The van der Waals surface area contributed by atoms with Gasteiger partial charge in [0.1, 0.15) is 0 Å². The molecule has 0 atom stereocenters. The Kier molecular flexibility index (Phi) is 4.98. The van der Waals surface area contributed by atoms with E-state index >= 15 is 0 Å². The van der Waals surface area contributed by atoms with Crippen LogP contribution in [0.25, 0.3) is 22.3 Å².